The summed E-state index contributed by atoms with van der Waals surface area (Å²) in [5, 5.41) is 14.6. The molecule has 0 aliphatic heterocycles. The summed E-state index contributed by atoms with van der Waals surface area (Å²) in [5.41, 5.74) is 0.848. The zero-order valence-electron chi connectivity index (χ0n) is 9.41. The van der Waals surface area contributed by atoms with E-state index in [-0.39, 0.29) is 0 Å². The maximum Gasteiger partial charge on any atom is 0.490 e. The largest absolute Gasteiger partial charge is 0.495 e. The Morgan fingerprint density at radius 3 is 2.89 bits per heavy atom. The first kappa shape index (κ1) is 12.3. The van der Waals surface area contributed by atoms with Gasteiger partial charge in [-0.15, -0.1) is 0 Å². The third-order valence-electron chi connectivity index (χ3n) is 2.25. The second-order valence-electron chi connectivity index (χ2n) is 3.47. The van der Waals surface area contributed by atoms with Gasteiger partial charge in [-0.25, -0.2) is 0 Å². The zero-order chi connectivity index (χ0) is 13.1. The van der Waals surface area contributed by atoms with Crippen molar-refractivity contribution < 1.29 is 9.66 Å². The van der Waals surface area contributed by atoms with E-state index in [4.69, 9.17) is 16.3 Å². The molecule has 0 atom stereocenters. The molecule has 2 aromatic rings. The van der Waals surface area contributed by atoms with E-state index in [2.05, 4.69) is 10.1 Å². The summed E-state index contributed by atoms with van der Waals surface area (Å²) in [4.78, 5) is 13.4. The van der Waals surface area contributed by atoms with Crippen molar-refractivity contribution >= 4 is 17.5 Å². The highest BCUT2D eigenvalue weighted by atomic mass is 35.5. The second-order valence-corrected chi connectivity index (χ2v) is 3.88. The average Bonchev–Trinajstić information content (AvgIpc) is 2.78. The van der Waals surface area contributed by atoms with Crippen LogP contribution in [-0.2, 0) is 6.54 Å². The van der Waals surface area contributed by atoms with Crippen molar-refractivity contribution in [3.63, 3.8) is 0 Å². The van der Waals surface area contributed by atoms with Gasteiger partial charge in [-0.3, -0.25) is 0 Å². The quantitative estimate of drug-likeness (QED) is 0.625. The summed E-state index contributed by atoms with van der Waals surface area (Å²) < 4.78 is 6.40. The third-order valence-corrected chi connectivity index (χ3v) is 2.54. The predicted octanol–water partition coefficient (Wildman–Crippen LogP) is 1.90. The molecule has 7 nitrogen and oxygen atoms in total. The van der Waals surface area contributed by atoms with Gasteiger partial charge in [-0.2, -0.15) is 4.68 Å². The van der Waals surface area contributed by atoms with Crippen LogP contribution in [0.2, 0.25) is 5.02 Å². The first-order chi connectivity index (χ1) is 8.60. The number of methoxy groups -OCH3 is 1. The van der Waals surface area contributed by atoms with Crippen molar-refractivity contribution in [3.8, 4) is 5.75 Å². The van der Waals surface area contributed by atoms with Crippen molar-refractivity contribution in [2.45, 2.75) is 6.54 Å². The van der Waals surface area contributed by atoms with Crippen LogP contribution in [0.4, 0.5) is 5.95 Å². The van der Waals surface area contributed by atoms with Crippen LogP contribution in [0.15, 0.2) is 24.5 Å². The summed E-state index contributed by atoms with van der Waals surface area (Å²) in [7, 11) is 1.53. The van der Waals surface area contributed by atoms with Crippen LogP contribution >= 0.6 is 11.6 Å². The molecule has 1 aromatic heterocycles. The van der Waals surface area contributed by atoms with E-state index in [1.54, 1.807) is 18.2 Å². The minimum atomic E-state index is -0.641. The lowest BCUT2D eigenvalue weighted by Gasteiger charge is -2.04. The normalized spacial score (nSPS) is 10.3. The van der Waals surface area contributed by atoms with E-state index < -0.39 is 10.9 Å². The first-order valence-electron chi connectivity index (χ1n) is 4.96. The Labute approximate surface area is 107 Å². The van der Waals surface area contributed by atoms with E-state index in [9.17, 15) is 10.1 Å². The topological polar surface area (TPSA) is 83.1 Å². The second kappa shape index (κ2) is 5.01. The van der Waals surface area contributed by atoms with E-state index in [1.165, 1.54) is 18.1 Å². The molecule has 1 aromatic carbocycles. The highest BCUT2D eigenvalue weighted by Crippen LogP contribution is 2.25. The Morgan fingerprint density at radius 2 is 2.33 bits per heavy atom. The van der Waals surface area contributed by atoms with Crippen LogP contribution in [0.5, 0.6) is 5.75 Å². The van der Waals surface area contributed by atoms with Gasteiger partial charge in [0.25, 0.3) is 0 Å². The van der Waals surface area contributed by atoms with Gasteiger partial charge in [0.05, 0.1) is 18.7 Å². The SMILES string of the molecule is COc1ccc(Cn2cnc([N+](=O)[O-])n2)cc1Cl. The fourth-order valence-electron chi connectivity index (χ4n) is 1.44. The summed E-state index contributed by atoms with van der Waals surface area (Å²) in [6.07, 6.45) is 1.30. The summed E-state index contributed by atoms with van der Waals surface area (Å²) in [5.74, 6) is 0.152. The molecule has 8 heteroatoms. The number of ether oxygens (including phenoxy) is 1. The van der Waals surface area contributed by atoms with E-state index in [0.717, 1.165) is 5.56 Å². The van der Waals surface area contributed by atoms with Gasteiger partial charge < -0.3 is 14.9 Å². The minimum Gasteiger partial charge on any atom is -0.495 e. The number of rotatable bonds is 4. The Bertz CT molecular complexity index is 584. The lowest BCUT2D eigenvalue weighted by Crippen LogP contribution is -2.01. The van der Waals surface area contributed by atoms with Crippen molar-refractivity contribution in [2.75, 3.05) is 7.11 Å². The van der Waals surface area contributed by atoms with Crippen molar-refractivity contribution in [3.05, 3.63) is 45.2 Å². The van der Waals surface area contributed by atoms with E-state index in [0.29, 0.717) is 17.3 Å². The smallest absolute Gasteiger partial charge is 0.490 e. The van der Waals surface area contributed by atoms with Gasteiger partial charge in [0, 0.05) is 5.10 Å². The lowest BCUT2D eigenvalue weighted by atomic mass is 10.2. The molecule has 0 bridgehead atoms. The van der Waals surface area contributed by atoms with Gasteiger partial charge in [0.2, 0.25) is 6.33 Å². The average molecular weight is 269 g/mol. The van der Waals surface area contributed by atoms with Gasteiger partial charge in [0.15, 0.2) is 0 Å². The van der Waals surface area contributed by atoms with Crippen LogP contribution in [0, 0.1) is 10.1 Å². The van der Waals surface area contributed by atoms with Gasteiger partial charge in [-0.05, 0) is 22.6 Å². The minimum absolute atomic E-state index is 0.352. The number of halogens is 1. The molecule has 2 rings (SSSR count). The maximum absolute atomic E-state index is 10.4. The Balaban J connectivity index is 2.18. The highest BCUT2D eigenvalue weighted by molar-refractivity contribution is 6.32. The summed E-state index contributed by atoms with van der Waals surface area (Å²) >= 11 is 5.97. The molecule has 0 saturated heterocycles. The van der Waals surface area contributed by atoms with Crippen LogP contribution < -0.4 is 4.74 Å². The molecule has 0 amide bonds. The molecule has 0 unspecified atom stereocenters. The van der Waals surface area contributed by atoms with E-state index >= 15 is 0 Å². The molecule has 0 N–H and O–H groups in total. The summed E-state index contributed by atoms with van der Waals surface area (Å²) in [6, 6.07) is 5.25. The molecule has 0 aliphatic carbocycles. The van der Waals surface area contributed by atoms with Crippen LogP contribution in [0.25, 0.3) is 0 Å². The molecule has 0 aliphatic rings. The molecule has 0 saturated carbocycles. The van der Waals surface area contributed by atoms with Crippen molar-refractivity contribution in [1.29, 1.82) is 0 Å². The van der Waals surface area contributed by atoms with Crippen molar-refractivity contribution in [2.24, 2.45) is 0 Å². The molecule has 0 spiro atoms. The molecular formula is C10H9ClN4O3. The monoisotopic (exact) mass is 268 g/mol. The van der Waals surface area contributed by atoms with Crippen LogP contribution in [-0.4, -0.2) is 26.8 Å². The van der Waals surface area contributed by atoms with Gasteiger partial charge in [0.1, 0.15) is 5.75 Å². The number of aromatic nitrogens is 3. The number of nitrogens with zero attached hydrogens (tertiary/aromatic N) is 4. The highest BCUT2D eigenvalue weighted by Gasteiger charge is 2.13. The molecule has 94 valence electrons. The molecule has 18 heavy (non-hydrogen) atoms. The number of nitro groups is 1. The number of hydrogen-bond donors (Lipinski definition) is 0. The zero-order valence-corrected chi connectivity index (χ0v) is 10.2. The molecular weight excluding hydrogens is 260 g/mol. The van der Waals surface area contributed by atoms with E-state index in [1.807, 2.05) is 0 Å². The third kappa shape index (κ3) is 2.57. The first-order valence-corrected chi connectivity index (χ1v) is 5.34. The Hall–Kier alpha value is -2.15. The lowest BCUT2D eigenvalue weighted by molar-refractivity contribution is -0.394. The molecule has 0 radical (unpaired) electrons. The van der Waals surface area contributed by atoms with Crippen molar-refractivity contribution in [1.82, 2.24) is 14.8 Å². The molecule has 1 heterocycles. The fraction of sp³-hybridized carbons (Fsp3) is 0.200. The Kier molecular flexibility index (Phi) is 3.42. The van der Waals surface area contributed by atoms with Gasteiger partial charge in [-0.1, -0.05) is 22.7 Å². The fourth-order valence-corrected chi connectivity index (χ4v) is 1.72. The maximum atomic E-state index is 10.4. The summed E-state index contributed by atoms with van der Waals surface area (Å²) in [6.45, 7) is 0.352. The Morgan fingerprint density at radius 1 is 1.56 bits per heavy atom. The molecule has 0 fully saturated rings. The standard InChI is InChI=1S/C10H9ClN4O3/c1-18-9-3-2-7(4-8(9)11)5-14-6-12-10(13-14)15(16)17/h2-4,6H,5H2,1H3. The van der Waals surface area contributed by atoms with Crippen LogP contribution in [0.3, 0.4) is 0 Å². The van der Waals surface area contributed by atoms with Gasteiger partial charge >= 0.3 is 5.95 Å². The van der Waals surface area contributed by atoms with Crippen LogP contribution in [0.1, 0.15) is 5.56 Å². The number of hydrogen-bond acceptors (Lipinski definition) is 5. The predicted molar refractivity (Wildman–Crippen MR) is 63.8 cm³/mol. The number of benzene rings is 1.